The summed E-state index contributed by atoms with van der Waals surface area (Å²) in [5, 5.41) is 3.15. The molecular formula is C12H23NO4. The maximum Gasteiger partial charge on any atom is 0.309 e. The lowest BCUT2D eigenvalue weighted by molar-refractivity contribution is -0.152. The number of methoxy groups -OCH3 is 1. The first-order chi connectivity index (χ1) is 8.25. The highest BCUT2D eigenvalue weighted by Gasteiger charge is 2.29. The minimum atomic E-state index is -0.114. The van der Waals surface area contributed by atoms with Gasteiger partial charge in [-0.3, -0.25) is 4.79 Å². The Morgan fingerprint density at radius 3 is 2.65 bits per heavy atom. The monoisotopic (exact) mass is 245 g/mol. The lowest BCUT2D eigenvalue weighted by Crippen LogP contribution is -2.47. The van der Waals surface area contributed by atoms with E-state index >= 15 is 0 Å². The topological polar surface area (TPSA) is 56.8 Å². The van der Waals surface area contributed by atoms with Gasteiger partial charge in [0.1, 0.15) is 6.61 Å². The van der Waals surface area contributed by atoms with Crippen LogP contribution in [0.1, 0.15) is 13.3 Å². The summed E-state index contributed by atoms with van der Waals surface area (Å²) in [7, 11) is 1.67. The highest BCUT2D eigenvalue weighted by atomic mass is 16.6. The van der Waals surface area contributed by atoms with Crippen LogP contribution in [0.5, 0.6) is 0 Å². The second-order valence-corrected chi connectivity index (χ2v) is 4.33. The van der Waals surface area contributed by atoms with Crippen LogP contribution in [0.2, 0.25) is 0 Å². The van der Waals surface area contributed by atoms with Crippen LogP contribution in [0.4, 0.5) is 0 Å². The summed E-state index contributed by atoms with van der Waals surface area (Å²) in [6.45, 7) is 5.92. The first-order valence-electron chi connectivity index (χ1n) is 6.19. The Labute approximate surface area is 103 Å². The summed E-state index contributed by atoms with van der Waals surface area (Å²) in [5.74, 6) is 0.312. The fraction of sp³-hybridized carbons (Fsp3) is 0.917. The van der Waals surface area contributed by atoms with E-state index in [-0.39, 0.29) is 11.9 Å². The molecule has 1 N–H and O–H groups in total. The summed E-state index contributed by atoms with van der Waals surface area (Å²) < 4.78 is 15.3. The van der Waals surface area contributed by atoms with E-state index in [2.05, 4.69) is 5.32 Å². The maximum absolute atomic E-state index is 11.6. The summed E-state index contributed by atoms with van der Waals surface area (Å²) >= 11 is 0. The predicted octanol–water partition coefficient (Wildman–Crippen LogP) is 0.438. The van der Waals surface area contributed by atoms with E-state index in [4.69, 9.17) is 14.2 Å². The molecule has 1 aliphatic heterocycles. The van der Waals surface area contributed by atoms with Gasteiger partial charge in [-0.15, -0.1) is 0 Å². The van der Waals surface area contributed by atoms with Gasteiger partial charge in [0.05, 0.1) is 12.5 Å². The van der Waals surface area contributed by atoms with Crippen molar-refractivity contribution in [3.8, 4) is 0 Å². The van der Waals surface area contributed by atoms with Gasteiger partial charge in [-0.25, -0.2) is 0 Å². The molecule has 1 heterocycles. The molecule has 1 unspecified atom stereocenters. The van der Waals surface area contributed by atoms with Crippen molar-refractivity contribution in [2.45, 2.75) is 13.3 Å². The first-order valence-corrected chi connectivity index (χ1v) is 6.19. The molecular weight excluding hydrogens is 222 g/mol. The third-order valence-corrected chi connectivity index (χ3v) is 3.00. The van der Waals surface area contributed by atoms with Gasteiger partial charge >= 0.3 is 5.97 Å². The van der Waals surface area contributed by atoms with Crippen molar-refractivity contribution < 1.29 is 19.0 Å². The fourth-order valence-electron chi connectivity index (χ4n) is 1.60. The van der Waals surface area contributed by atoms with Crippen molar-refractivity contribution >= 4 is 5.97 Å². The van der Waals surface area contributed by atoms with Crippen LogP contribution < -0.4 is 5.32 Å². The number of nitrogens with one attached hydrogen (secondary N) is 1. The molecule has 1 fully saturated rings. The Bertz CT molecular complexity index is 219. The zero-order chi connectivity index (χ0) is 12.5. The smallest absolute Gasteiger partial charge is 0.309 e. The Kier molecular flexibility index (Phi) is 7.16. The molecule has 1 atom stereocenters. The zero-order valence-corrected chi connectivity index (χ0v) is 10.7. The fourth-order valence-corrected chi connectivity index (χ4v) is 1.60. The molecule has 0 aromatic carbocycles. The Hall–Kier alpha value is -0.650. The van der Waals surface area contributed by atoms with Crippen molar-refractivity contribution in [1.82, 2.24) is 5.32 Å². The lowest BCUT2D eigenvalue weighted by atomic mass is 9.89. The molecule has 0 radical (unpaired) electrons. The molecule has 1 saturated heterocycles. The SMILES string of the molecule is COCCCOCCOC(=O)C(C)C1CNC1. The molecule has 1 aliphatic rings. The molecule has 5 nitrogen and oxygen atoms in total. The van der Waals surface area contributed by atoms with Crippen LogP contribution in [0.15, 0.2) is 0 Å². The van der Waals surface area contributed by atoms with E-state index in [0.29, 0.717) is 32.3 Å². The third kappa shape index (κ3) is 5.48. The zero-order valence-electron chi connectivity index (χ0n) is 10.7. The molecule has 0 bridgehead atoms. The third-order valence-electron chi connectivity index (χ3n) is 3.00. The van der Waals surface area contributed by atoms with E-state index in [1.54, 1.807) is 7.11 Å². The van der Waals surface area contributed by atoms with E-state index in [1.165, 1.54) is 0 Å². The molecule has 0 spiro atoms. The number of carbonyl (C=O) groups is 1. The van der Waals surface area contributed by atoms with Crippen molar-refractivity contribution in [1.29, 1.82) is 0 Å². The summed E-state index contributed by atoms with van der Waals surface area (Å²) in [6.07, 6.45) is 0.870. The van der Waals surface area contributed by atoms with Gasteiger partial charge in [0.25, 0.3) is 0 Å². The van der Waals surface area contributed by atoms with Gasteiger partial charge < -0.3 is 19.5 Å². The number of hydrogen-bond donors (Lipinski definition) is 1. The Morgan fingerprint density at radius 1 is 1.29 bits per heavy atom. The molecule has 17 heavy (non-hydrogen) atoms. The predicted molar refractivity (Wildman–Crippen MR) is 63.8 cm³/mol. The van der Waals surface area contributed by atoms with Gasteiger partial charge in [-0.05, 0) is 25.4 Å². The number of hydrogen-bond acceptors (Lipinski definition) is 5. The van der Waals surface area contributed by atoms with Crippen LogP contribution in [-0.2, 0) is 19.0 Å². The van der Waals surface area contributed by atoms with Crippen LogP contribution in [-0.4, -0.2) is 52.6 Å². The van der Waals surface area contributed by atoms with E-state index in [1.807, 2.05) is 6.92 Å². The molecule has 0 aliphatic carbocycles. The van der Waals surface area contributed by atoms with Gasteiger partial charge in [-0.1, -0.05) is 6.92 Å². The number of esters is 1. The van der Waals surface area contributed by atoms with Crippen molar-refractivity contribution in [2.75, 3.05) is 46.6 Å². The second-order valence-electron chi connectivity index (χ2n) is 4.33. The Balaban J connectivity index is 1.92. The van der Waals surface area contributed by atoms with Crippen molar-refractivity contribution in [3.63, 3.8) is 0 Å². The molecule has 0 amide bonds. The summed E-state index contributed by atoms with van der Waals surface area (Å²) in [4.78, 5) is 11.6. The largest absolute Gasteiger partial charge is 0.463 e. The Morgan fingerprint density at radius 2 is 2.06 bits per heavy atom. The molecule has 100 valence electrons. The minimum absolute atomic E-state index is 0.00950. The number of carbonyl (C=O) groups excluding carboxylic acids is 1. The summed E-state index contributed by atoms with van der Waals surface area (Å²) in [6, 6.07) is 0. The van der Waals surface area contributed by atoms with Crippen LogP contribution in [0, 0.1) is 11.8 Å². The summed E-state index contributed by atoms with van der Waals surface area (Å²) in [5.41, 5.74) is 0. The number of ether oxygens (including phenoxy) is 3. The average Bonchev–Trinajstić information content (AvgIpc) is 2.25. The van der Waals surface area contributed by atoms with E-state index in [9.17, 15) is 4.79 Å². The van der Waals surface area contributed by atoms with Gasteiger partial charge in [0.2, 0.25) is 0 Å². The number of rotatable bonds is 9. The molecule has 5 heteroatoms. The minimum Gasteiger partial charge on any atom is -0.463 e. The standard InChI is InChI=1S/C12H23NO4/c1-10(11-8-13-9-11)12(14)17-7-6-16-5-3-4-15-2/h10-11,13H,3-9H2,1-2H3. The van der Waals surface area contributed by atoms with Crippen molar-refractivity contribution in [3.05, 3.63) is 0 Å². The quantitative estimate of drug-likeness (QED) is 0.472. The lowest BCUT2D eigenvalue weighted by Gasteiger charge is -2.31. The highest BCUT2D eigenvalue weighted by molar-refractivity contribution is 5.72. The van der Waals surface area contributed by atoms with Crippen molar-refractivity contribution in [2.24, 2.45) is 11.8 Å². The van der Waals surface area contributed by atoms with Crippen LogP contribution >= 0.6 is 0 Å². The van der Waals surface area contributed by atoms with Gasteiger partial charge in [0, 0.05) is 20.3 Å². The van der Waals surface area contributed by atoms with E-state index < -0.39 is 0 Å². The maximum atomic E-state index is 11.6. The van der Waals surface area contributed by atoms with Crippen LogP contribution in [0.3, 0.4) is 0 Å². The molecule has 0 aromatic heterocycles. The molecule has 0 aromatic rings. The normalized spacial score (nSPS) is 17.5. The van der Waals surface area contributed by atoms with Gasteiger partial charge in [-0.2, -0.15) is 0 Å². The second kappa shape index (κ2) is 8.44. The van der Waals surface area contributed by atoms with Crippen LogP contribution in [0.25, 0.3) is 0 Å². The first kappa shape index (κ1) is 14.4. The highest BCUT2D eigenvalue weighted by Crippen LogP contribution is 2.16. The molecule has 0 saturated carbocycles. The average molecular weight is 245 g/mol. The molecule has 1 rings (SSSR count). The van der Waals surface area contributed by atoms with E-state index in [0.717, 1.165) is 19.5 Å². The van der Waals surface area contributed by atoms with Gasteiger partial charge in [0.15, 0.2) is 0 Å².